The van der Waals surface area contributed by atoms with E-state index >= 15 is 0 Å². The lowest BCUT2D eigenvalue weighted by Crippen LogP contribution is -2.56. The number of nitrogens with one attached hydrogen (secondary N) is 2. The minimum Gasteiger partial charge on any atom is -0.373 e. The Morgan fingerprint density at radius 3 is 2.45 bits per heavy atom. The SMILES string of the molecule is CCNC(=NCC(C)(C)N1CC(C)OC(C)C1)NCCCn1nc(C)cc1C.I. The predicted octanol–water partition coefficient (Wildman–Crippen LogP) is 2.95. The summed E-state index contributed by atoms with van der Waals surface area (Å²) < 4.78 is 7.95. The van der Waals surface area contributed by atoms with Gasteiger partial charge in [0.05, 0.1) is 24.4 Å². The number of halogens is 1. The fourth-order valence-corrected chi connectivity index (χ4v) is 3.72. The summed E-state index contributed by atoms with van der Waals surface area (Å²) in [5.74, 6) is 0.887. The molecule has 0 spiro atoms. The van der Waals surface area contributed by atoms with Gasteiger partial charge in [0.15, 0.2) is 5.96 Å². The van der Waals surface area contributed by atoms with Crippen LogP contribution in [0.25, 0.3) is 0 Å². The molecule has 2 heterocycles. The van der Waals surface area contributed by atoms with E-state index < -0.39 is 0 Å². The lowest BCUT2D eigenvalue weighted by Gasteiger charge is -2.44. The molecule has 1 aliphatic rings. The maximum absolute atomic E-state index is 5.88. The molecule has 0 amide bonds. The molecule has 8 heteroatoms. The zero-order valence-electron chi connectivity index (χ0n) is 19.3. The molecule has 29 heavy (non-hydrogen) atoms. The highest BCUT2D eigenvalue weighted by molar-refractivity contribution is 14.0. The second-order valence-corrected chi connectivity index (χ2v) is 8.60. The third-order valence-electron chi connectivity index (χ3n) is 5.19. The van der Waals surface area contributed by atoms with Gasteiger partial charge in [0, 0.05) is 44.0 Å². The van der Waals surface area contributed by atoms with Gasteiger partial charge in [-0.25, -0.2) is 0 Å². The van der Waals surface area contributed by atoms with Crippen LogP contribution in [0.5, 0.6) is 0 Å². The van der Waals surface area contributed by atoms with E-state index in [2.05, 4.69) is 72.9 Å². The molecule has 1 aliphatic heterocycles. The largest absolute Gasteiger partial charge is 0.373 e. The number of morpholine rings is 1. The lowest BCUT2D eigenvalue weighted by molar-refractivity contribution is -0.0939. The molecule has 0 saturated carbocycles. The monoisotopic (exact) mass is 520 g/mol. The molecule has 0 aromatic carbocycles. The normalized spacial score (nSPS) is 21.0. The second kappa shape index (κ2) is 12.1. The summed E-state index contributed by atoms with van der Waals surface area (Å²) in [4.78, 5) is 7.37. The maximum Gasteiger partial charge on any atom is 0.191 e. The number of ether oxygens (including phenoxy) is 1. The summed E-state index contributed by atoms with van der Waals surface area (Å²) in [7, 11) is 0. The first-order valence-electron chi connectivity index (χ1n) is 10.6. The van der Waals surface area contributed by atoms with Crippen LogP contribution in [0.15, 0.2) is 11.1 Å². The summed E-state index contributed by atoms with van der Waals surface area (Å²) in [5, 5.41) is 11.4. The Morgan fingerprint density at radius 1 is 1.24 bits per heavy atom. The Bertz CT molecular complexity index is 635. The number of nitrogens with zero attached hydrogens (tertiary/aromatic N) is 4. The number of guanidine groups is 1. The van der Waals surface area contributed by atoms with Gasteiger partial charge in [0.25, 0.3) is 0 Å². The molecule has 0 aliphatic carbocycles. The Labute approximate surface area is 194 Å². The summed E-state index contributed by atoms with van der Waals surface area (Å²) in [6.45, 7) is 20.4. The van der Waals surface area contributed by atoms with Gasteiger partial charge in [-0.2, -0.15) is 5.10 Å². The van der Waals surface area contributed by atoms with E-state index in [1.165, 1.54) is 5.69 Å². The first-order valence-corrected chi connectivity index (χ1v) is 10.6. The molecule has 0 bridgehead atoms. The molecule has 168 valence electrons. The van der Waals surface area contributed by atoms with Crippen molar-refractivity contribution in [1.29, 1.82) is 0 Å². The van der Waals surface area contributed by atoms with Gasteiger partial charge in [-0.05, 0) is 61.0 Å². The van der Waals surface area contributed by atoms with Crippen molar-refractivity contribution < 1.29 is 4.74 Å². The minimum absolute atomic E-state index is 0. The van der Waals surface area contributed by atoms with Crippen molar-refractivity contribution in [3.05, 3.63) is 17.5 Å². The minimum atomic E-state index is -0.00164. The van der Waals surface area contributed by atoms with Crippen LogP contribution in [0, 0.1) is 13.8 Å². The average molecular weight is 521 g/mol. The van der Waals surface area contributed by atoms with E-state index in [-0.39, 0.29) is 41.7 Å². The van der Waals surface area contributed by atoms with E-state index in [4.69, 9.17) is 9.73 Å². The van der Waals surface area contributed by atoms with E-state index in [9.17, 15) is 0 Å². The van der Waals surface area contributed by atoms with Gasteiger partial charge >= 0.3 is 0 Å². The number of hydrogen-bond donors (Lipinski definition) is 2. The van der Waals surface area contributed by atoms with Crippen LogP contribution in [0.3, 0.4) is 0 Å². The van der Waals surface area contributed by atoms with Crippen LogP contribution in [-0.2, 0) is 11.3 Å². The van der Waals surface area contributed by atoms with Crippen molar-refractivity contribution in [2.24, 2.45) is 4.99 Å². The van der Waals surface area contributed by atoms with Gasteiger partial charge in [-0.1, -0.05) is 0 Å². The van der Waals surface area contributed by atoms with Crippen LogP contribution in [0.4, 0.5) is 0 Å². The predicted molar refractivity (Wildman–Crippen MR) is 131 cm³/mol. The molecule has 1 aromatic heterocycles. The molecule has 1 fully saturated rings. The molecule has 0 radical (unpaired) electrons. The van der Waals surface area contributed by atoms with Gasteiger partial charge in [-0.3, -0.25) is 14.6 Å². The topological polar surface area (TPSA) is 66.7 Å². The van der Waals surface area contributed by atoms with Crippen molar-refractivity contribution in [3.63, 3.8) is 0 Å². The number of aromatic nitrogens is 2. The quantitative estimate of drug-likeness (QED) is 0.239. The molecule has 7 nitrogen and oxygen atoms in total. The van der Waals surface area contributed by atoms with Crippen LogP contribution < -0.4 is 10.6 Å². The molecule has 2 atom stereocenters. The third-order valence-corrected chi connectivity index (χ3v) is 5.19. The smallest absolute Gasteiger partial charge is 0.191 e. The standard InChI is InChI=1S/C21H40N6O.HI/c1-8-22-20(23-10-9-11-27-17(3)12-16(2)25-27)24-15-21(6,7)26-13-18(4)28-19(5)14-26;/h12,18-19H,8-11,13-15H2,1-7H3,(H2,22,23,24);1H. The molecule has 1 aromatic rings. The zero-order chi connectivity index (χ0) is 20.7. The molecule has 2 unspecified atom stereocenters. The van der Waals surface area contributed by atoms with Gasteiger partial charge < -0.3 is 15.4 Å². The third kappa shape index (κ3) is 8.41. The number of hydrogen-bond acceptors (Lipinski definition) is 4. The second-order valence-electron chi connectivity index (χ2n) is 8.60. The Morgan fingerprint density at radius 2 is 1.90 bits per heavy atom. The number of aliphatic imine (C=N–C) groups is 1. The highest BCUT2D eigenvalue weighted by Crippen LogP contribution is 2.21. The number of aryl methyl sites for hydroxylation is 3. The maximum atomic E-state index is 5.88. The summed E-state index contributed by atoms with van der Waals surface area (Å²) in [5.41, 5.74) is 2.29. The fourth-order valence-electron chi connectivity index (χ4n) is 3.72. The molecule has 1 saturated heterocycles. The zero-order valence-corrected chi connectivity index (χ0v) is 21.6. The van der Waals surface area contributed by atoms with E-state index in [1.807, 2.05) is 6.92 Å². The molecular formula is C21H41IN6O. The van der Waals surface area contributed by atoms with Crippen molar-refractivity contribution in [1.82, 2.24) is 25.3 Å². The summed E-state index contributed by atoms with van der Waals surface area (Å²) in [6.07, 6.45) is 1.55. The molecular weight excluding hydrogens is 479 g/mol. The average Bonchev–Trinajstić information content (AvgIpc) is 2.93. The first-order chi connectivity index (χ1) is 13.2. The van der Waals surface area contributed by atoms with Crippen LogP contribution in [-0.4, -0.2) is 71.1 Å². The van der Waals surface area contributed by atoms with Crippen molar-refractivity contribution >= 4 is 29.9 Å². The van der Waals surface area contributed by atoms with Crippen molar-refractivity contribution in [2.45, 2.75) is 79.2 Å². The number of rotatable bonds is 8. The van der Waals surface area contributed by atoms with Gasteiger partial charge in [-0.15, -0.1) is 24.0 Å². The van der Waals surface area contributed by atoms with E-state index in [1.54, 1.807) is 0 Å². The Balaban J connectivity index is 0.00000420. The summed E-state index contributed by atoms with van der Waals surface area (Å²) in [6, 6.07) is 2.12. The van der Waals surface area contributed by atoms with Gasteiger partial charge in [0.1, 0.15) is 0 Å². The van der Waals surface area contributed by atoms with Crippen LogP contribution in [0.1, 0.15) is 52.4 Å². The fraction of sp³-hybridized carbons (Fsp3) is 0.810. The van der Waals surface area contributed by atoms with Crippen LogP contribution >= 0.6 is 24.0 Å². The first kappa shape index (κ1) is 26.2. The van der Waals surface area contributed by atoms with Crippen molar-refractivity contribution in [2.75, 3.05) is 32.7 Å². The van der Waals surface area contributed by atoms with E-state index in [0.717, 1.165) is 57.3 Å². The highest BCUT2D eigenvalue weighted by Gasteiger charge is 2.33. The highest BCUT2D eigenvalue weighted by atomic mass is 127. The van der Waals surface area contributed by atoms with Gasteiger partial charge in [0.2, 0.25) is 0 Å². The molecule has 2 rings (SSSR count). The van der Waals surface area contributed by atoms with Crippen molar-refractivity contribution in [3.8, 4) is 0 Å². The summed E-state index contributed by atoms with van der Waals surface area (Å²) >= 11 is 0. The van der Waals surface area contributed by atoms with E-state index in [0.29, 0.717) is 0 Å². The van der Waals surface area contributed by atoms with Crippen LogP contribution in [0.2, 0.25) is 0 Å². The molecule has 2 N–H and O–H groups in total. The Hall–Kier alpha value is -0.870. The lowest BCUT2D eigenvalue weighted by atomic mass is 10.0. The Kier molecular flexibility index (Phi) is 10.9.